The molecule has 0 aliphatic rings. The van der Waals surface area contributed by atoms with Crippen molar-refractivity contribution in [3.8, 4) is 5.75 Å². The first-order valence-electron chi connectivity index (χ1n) is 12.2. The third-order valence-corrected chi connectivity index (χ3v) is 7.75. The number of anilines is 1. The smallest absolute Gasteiger partial charge is 0.406 e. The van der Waals surface area contributed by atoms with Gasteiger partial charge in [0.2, 0.25) is 10.0 Å². The summed E-state index contributed by atoms with van der Waals surface area (Å²) in [5, 5.41) is 1.75. The molecule has 0 aromatic heterocycles. The highest BCUT2D eigenvalue weighted by Gasteiger charge is 2.32. The van der Waals surface area contributed by atoms with Crippen molar-refractivity contribution in [2.24, 2.45) is 5.92 Å². The zero-order chi connectivity index (χ0) is 27.3. The number of hydrogen-bond donors (Lipinski definition) is 1. The van der Waals surface area contributed by atoms with Gasteiger partial charge in [-0.05, 0) is 72.0 Å². The minimum Gasteiger partial charge on any atom is -0.406 e. The number of fused-ring (bicyclic) bond motifs is 1. The SMILES string of the molecule is CCN(c1ccccc1)C(NS(=O)(=O)c1ccc2ccccc2c1)C(C)Cc1ccc(OC(F)(F)F)cc1. The van der Waals surface area contributed by atoms with Gasteiger partial charge in [-0.2, -0.15) is 4.72 Å². The molecule has 0 aliphatic heterocycles. The van der Waals surface area contributed by atoms with Crippen molar-refractivity contribution in [3.05, 3.63) is 103 Å². The molecule has 0 spiro atoms. The molecule has 0 saturated heterocycles. The van der Waals surface area contributed by atoms with Gasteiger partial charge in [0.05, 0.1) is 11.1 Å². The number of sulfonamides is 1. The molecule has 5 nitrogen and oxygen atoms in total. The van der Waals surface area contributed by atoms with E-state index in [1.54, 1.807) is 30.3 Å². The molecule has 4 aromatic carbocycles. The molecule has 4 aromatic rings. The van der Waals surface area contributed by atoms with Gasteiger partial charge in [0.1, 0.15) is 5.75 Å². The summed E-state index contributed by atoms with van der Waals surface area (Å²) in [5.74, 6) is -0.554. The third kappa shape index (κ3) is 6.85. The fraction of sp³-hybridized carbons (Fsp3) is 0.241. The Morgan fingerprint density at radius 1 is 0.868 bits per heavy atom. The highest BCUT2D eigenvalue weighted by atomic mass is 32.2. The van der Waals surface area contributed by atoms with Crippen LogP contribution in [0.5, 0.6) is 5.75 Å². The maximum atomic E-state index is 13.6. The zero-order valence-corrected chi connectivity index (χ0v) is 21.8. The Hall–Kier alpha value is -3.56. The number of ether oxygens (including phenoxy) is 1. The molecule has 9 heteroatoms. The topological polar surface area (TPSA) is 58.6 Å². The lowest BCUT2D eigenvalue weighted by atomic mass is 9.97. The van der Waals surface area contributed by atoms with Crippen LogP contribution in [0, 0.1) is 5.92 Å². The van der Waals surface area contributed by atoms with Crippen molar-refractivity contribution in [3.63, 3.8) is 0 Å². The minimum atomic E-state index is -4.77. The fourth-order valence-corrected chi connectivity index (χ4v) is 5.86. The quantitative estimate of drug-likeness (QED) is 0.225. The predicted octanol–water partition coefficient (Wildman–Crippen LogP) is 6.75. The maximum Gasteiger partial charge on any atom is 0.573 e. The molecule has 4 rings (SSSR count). The Morgan fingerprint density at radius 2 is 1.50 bits per heavy atom. The Balaban J connectivity index is 1.63. The van der Waals surface area contributed by atoms with Crippen molar-refractivity contribution in [1.29, 1.82) is 0 Å². The van der Waals surface area contributed by atoms with E-state index in [1.165, 1.54) is 12.1 Å². The second-order valence-corrected chi connectivity index (χ2v) is 10.8. The van der Waals surface area contributed by atoms with E-state index >= 15 is 0 Å². The summed E-state index contributed by atoms with van der Waals surface area (Å²) in [4.78, 5) is 2.14. The van der Waals surface area contributed by atoms with Gasteiger partial charge in [0, 0.05) is 12.2 Å². The second kappa shape index (κ2) is 11.4. The largest absolute Gasteiger partial charge is 0.573 e. The summed E-state index contributed by atoms with van der Waals surface area (Å²) in [6.45, 7) is 4.39. The van der Waals surface area contributed by atoms with Crippen LogP contribution in [0.2, 0.25) is 0 Å². The summed E-state index contributed by atoms with van der Waals surface area (Å²) >= 11 is 0. The second-order valence-electron chi connectivity index (χ2n) is 9.07. The molecule has 2 unspecified atom stereocenters. The Bertz CT molecular complexity index is 1460. The maximum absolute atomic E-state index is 13.6. The average molecular weight is 543 g/mol. The van der Waals surface area contributed by atoms with Gasteiger partial charge in [-0.3, -0.25) is 0 Å². The number of rotatable bonds is 10. The summed E-state index contributed by atoms with van der Waals surface area (Å²) in [5.41, 5.74) is 1.60. The van der Waals surface area contributed by atoms with E-state index < -0.39 is 22.6 Å². The molecule has 38 heavy (non-hydrogen) atoms. The van der Waals surface area contributed by atoms with Crippen LogP contribution in [0.4, 0.5) is 18.9 Å². The molecular weight excluding hydrogens is 513 g/mol. The molecule has 0 radical (unpaired) electrons. The van der Waals surface area contributed by atoms with Crippen molar-refractivity contribution >= 4 is 26.5 Å². The van der Waals surface area contributed by atoms with E-state index in [1.807, 2.05) is 73.3 Å². The van der Waals surface area contributed by atoms with E-state index in [-0.39, 0.29) is 16.6 Å². The third-order valence-electron chi connectivity index (χ3n) is 6.33. The monoisotopic (exact) mass is 542 g/mol. The van der Waals surface area contributed by atoms with Crippen molar-refractivity contribution < 1.29 is 26.3 Å². The summed E-state index contributed by atoms with van der Waals surface area (Å²) in [6.07, 6.45) is -4.98. The lowest BCUT2D eigenvalue weighted by molar-refractivity contribution is -0.274. The fourth-order valence-electron chi connectivity index (χ4n) is 4.52. The molecule has 0 amide bonds. The van der Waals surface area contributed by atoms with Gasteiger partial charge >= 0.3 is 6.36 Å². The van der Waals surface area contributed by atoms with Gasteiger partial charge < -0.3 is 9.64 Å². The number of halogens is 3. The average Bonchev–Trinajstić information content (AvgIpc) is 2.89. The number of para-hydroxylation sites is 1. The first-order valence-corrected chi connectivity index (χ1v) is 13.7. The van der Waals surface area contributed by atoms with Gasteiger partial charge in [-0.15, -0.1) is 13.2 Å². The Kier molecular flexibility index (Phi) is 8.28. The Labute approximate surface area is 220 Å². The molecule has 0 aliphatic carbocycles. The summed E-state index contributed by atoms with van der Waals surface area (Å²) < 4.78 is 71.7. The van der Waals surface area contributed by atoms with Crippen LogP contribution in [-0.4, -0.2) is 27.5 Å². The van der Waals surface area contributed by atoms with E-state index in [4.69, 9.17) is 0 Å². The normalized spacial score (nSPS) is 13.7. The molecule has 2 atom stereocenters. The van der Waals surface area contributed by atoms with Gasteiger partial charge in [-0.1, -0.05) is 67.6 Å². The van der Waals surface area contributed by atoms with Crippen LogP contribution >= 0.6 is 0 Å². The first kappa shape index (κ1) is 27.5. The number of benzene rings is 4. The Morgan fingerprint density at radius 3 is 2.13 bits per heavy atom. The van der Waals surface area contributed by atoms with E-state index in [9.17, 15) is 21.6 Å². The van der Waals surface area contributed by atoms with Gasteiger partial charge in [0.25, 0.3) is 0 Å². The van der Waals surface area contributed by atoms with Crippen molar-refractivity contribution in [2.75, 3.05) is 11.4 Å². The summed E-state index contributed by atoms with van der Waals surface area (Å²) in [7, 11) is -3.92. The molecule has 0 heterocycles. The van der Waals surface area contributed by atoms with E-state index in [2.05, 4.69) is 9.46 Å². The van der Waals surface area contributed by atoms with Crippen LogP contribution in [0.1, 0.15) is 19.4 Å². The van der Waals surface area contributed by atoms with E-state index in [0.29, 0.717) is 13.0 Å². The molecule has 0 fully saturated rings. The van der Waals surface area contributed by atoms with Gasteiger partial charge in [0.15, 0.2) is 0 Å². The van der Waals surface area contributed by atoms with Crippen LogP contribution in [0.3, 0.4) is 0 Å². The summed E-state index contributed by atoms with van der Waals surface area (Å²) in [6, 6.07) is 27.7. The van der Waals surface area contributed by atoms with Crippen LogP contribution in [-0.2, 0) is 16.4 Å². The van der Waals surface area contributed by atoms with Crippen LogP contribution < -0.4 is 14.4 Å². The van der Waals surface area contributed by atoms with Crippen molar-refractivity contribution in [1.82, 2.24) is 4.72 Å². The minimum absolute atomic E-state index is 0.158. The van der Waals surface area contributed by atoms with Crippen LogP contribution in [0.25, 0.3) is 10.8 Å². The highest BCUT2D eigenvalue weighted by molar-refractivity contribution is 7.89. The van der Waals surface area contributed by atoms with Gasteiger partial charge in [-0.25, -0.2) is 8.42 Å². The highest BCUT2D eigenvalue weighted by Crippen LogP contribution is 2.27. The van der Waals surface area contributed by atoms with E-state index in [0.717, 1.165) is 22.0 Å². The molecule has 1 N–H and O–H groups in total. The molecular formula is C29H29F3N2O3S. The number of alkyl halides is 3. The first-order chi connectivity index (χ1) is 18.1. The molecule has 200 valence electrons. The molecule has 0 bridgehead atoms. The lowest BCUT2D eigenvalue weighted by Crippen LogP contribution is -2.52. The predicted molar refractivity (Wildman–Crippen MR) is 144 cm³/mol. The number of nitrogens with zero attached hydrogens (tertiary/aromatic N) is 1. The lowest BCUT2D eigenvalue weighted by Gasteiger charge is -2.37. The van der Waals surface area contributed by atoms with Crippen LogP contribution in [0.15, 0.2) is 102 Å². The standard InChI is InChI=1S/C29H29F3N2O3S/c1-3-34(25-11-5-4-6-12-25)28(21(2)19-22-13-16-26(17-14-22)37-29(30,31)32)33-38(35,36)27-18-15-23-9-7-8-10-24(23)20-27/h4-18,20-21,28,33H,3,19H2,1-2H3. The number of nitrogens with one attached hydrogen (secondary N) is 1. The van der Waals surface area contributed by atoms with Crippen molar-refractivity contribution in [2.45, 2.75) is 37.7 Å². The molecule has 0 saturated carbocycles. The number of hydrogen-bond acceptors (Lipinski definition) is 4. The zero-order valence-electron chi connectivity index (χ0n) is 21.0.